The van der Waals surface area contributed by atoms with Gasteiger partial charge in [0.25, 0.3) is 5.91 Å². The van der Waals surface area contributed by atoms with E-state index >= 15 is 0 Å². The van der Waals surface area contributed by atoms with E-state index in [9.17, 15) is 18.0 Å². The highest BCUT2D eigenvalue weighted by Gasteiger charge is 2.22. The molecule has 1 saturated heterocycles. The van der Waals surface area contributed by atoms with Crippen LogP contribution in [0.2, 0.25) is 0 Å². The Kier molecular flexibility index (Phi) is 7.26. The van der Waals surface area contributed by atoms with Crippen LogP contribution in [0.5, 0.6) is 5.75 Å². The lowest BCUT2D eigenvalue weighted by molar-refractivity contribution is -0.115. The van der Waals surface area contributed by atoms with Crippen LogP contribution in [0, 0.1) is 5.92 Å². The van der Waals surface area contributed by atoms with E-state index in [2.05, 4.69) is 10.6 Å². The number of hydrogen-bond acceptors (Lipinski definition) is 6. The standard InChI is InChI=1S/C21H25N3O6S/c1-29-18-5-3-2-4-15(18)10-20(25)24-16-6-7-17(19(11-16)31(22,27)28)21(26)23-12-14-8-9-30-13-14/h2-7,11,14H,8-10,12-13H2,1H3,(H,23,26)(H,24,25)(H2,22,27,28). The maximum Gasteiger partial charge on any atom is 0.252 e. The van der Waals surface area contributed by atoms with Crippen LogP contribution in [-0.4, -0.2) is 47.1 Å². The van der Waals surface area contributed by atoms with Crippen molar-refractivity contribution in [1.29, 1.82) is 0 Å². The molecule has 2 aromatic rings. The van der Waals surface area contributed by atoms with Gasteiger partial charge in [-0.3, -0.25) is 9.59 Å². The van der Waals surface area contributed by atoms with Crippen LogP contribution in [0.1, 0.15) is 22.3 Å². The SMILES string of the molecule is COc1ccccc1CC(=O)Nc1ccc(C(=O)NCC2CCOC2)c(S(N)(=O)=O)c1. The fourth-order valence-corrected chi connectivity index (χ4v) is 4.09. The first kappa shape index (κ1) is 22.7. The van der Waals surface area contributed by atoms with Crippen molar-refractivity contribution in [1.82, 2.24) is 5.32 Å². The number of amides is 2. The number of carbonyl (C=O) groups excluding carboxylic acids is 2. The number of para-hydroxylation sites is 1. The van der Waals surface area contributed by atoms with Crippen LogP contribution in [0.3, 0.4) is 0 Å². The molecule has 2 amide bonds. The summed E-state index contributed by atoms with van der Waals surface area (Å²) in [6.45, 7) is 1.58. The van der Waals surface area contributed by atoms with Gasteiger partial charge in [-0.1, -0.05) is 18.2 Å². The van der Waals surface area contributed by atoms with E-state index in [0.29, 0.717) is 31.1 Å². The zero-order valence-corrected chi connectivity index (χ0v) is 17.9. The minimum Gasteiger partial charge on any atom is -0.496 e. The molecular formula is C21H25N3O6S. The molecule has 1 aliphatic heterocycles. The number of methoxy groups -OCH3 is 1. The van der Waals surface area contributed by atoms with Gasteiger partial charge in [0.15, 0.2) is 0 Å². The number of carbonyl (C=O) groups is 2. The number of benzene rings is 2. The quantitative estimate of drug-likeness (QED) is 0.558. The minimum absolute atomic E-state index is 0.0282. The van der Waals surface area contributed by atoms with Gasteiger partial charge < -0.3 is 20.1 Å². The second-order valence-electron chi connectivity index (χ2n) is 7.23. The number of nitrogens with one attached hydrogen (secondary N) is 2. The molecule has 31 heavy (non-hydrogen) atoms. The highest BCUT2D eigenvalue weighted by molar-refractivity contribution is 7.89. The second kappa shape index (κ2) is 9.90. The van der Waals surface area contributed by atoms with Gasteiger partial charge in [-0.05, 0) is 30.7 Å². The van der Waals surface area contributed by atoms with Gasteiger partial charge >= 0.3 is 0 Å². The van der Waals surface area contributed by atoms with E-state index in [1.807, 2.05) is 0 Å². The third-order valence-corrected chi connectivity index (χ3v) is 5.89. The van der Waals surface area contributed by atoms with E-state index in [4.69, 9.17) is 14.6 Å². The molecule has 9 nitrogen and oxygen atoms in total. The van der Waals surface area contributed by atoms with Crippen LogP contribution in [0.4, 0.5) is 5.69 Å². The van der Waals surface area contributed by atoms with E-state index in [1.165, 1.54) is 25.3 Å². The Hall–Kier alpha value is -2.95. The summed E-state index contributed by atoms with van der Waals surface area (Å²) in [5.74, 6) is -0.163. The molecule has 0 radical (unpaired) electrons. The van der Waals surface area contributed by atoms with Gasteiger partial charge in [-0.2, -0.15) is 0 Å². The molecular weight excluding hydrogens is 422 g/mol. The topological polar surface area (TPSA) is 137 Å². The lowest BCUT2D eigenvalue weighted by Gasteiger charge is -2.14. The van der Waals surface area contributed by atoms with Crippen LogP contribution in [-0.2, 0) is 26.0 Å². The van der Waals surface area contributed by atoms with Crippen molar-refractivity contribution in [3.05, 3.63) is 53.6 Å². The van der Waals surface area contributed by atoms with Crippen LogP contribution in [0.25, 0.3) is 0 Å². The van der Waals surface area contributed by atoms with Crippen molar-refractivity contribution in [2.75, 3.05) is 32.2 Å². The molecule has 1 heterocycles. The monoisotopic (exact) mass is 447 g/mol. The number of primary sulfonamides is 1. The largest absolute Gasteiger partial charge is 0.496 e. The number of rotatable bonds is 8. The predicted molar refractivity (Wildman–Crippen MR) is 114 cm³/mol. The molecule has 0 spiro atoms. The summed E-state index contributed by atoms with van der Waals surface area (Å²) in [5.41, 5.74) is 0.815. The van der Waals surface area contributed by atoms with E-state index in [1.54, 1.807) is 24.3 Å². The van der Waals surface area contributed by atoms with Crippen molar-refractivity contribution in [3.8, 4) is 5.75 Å². The van der Waals surface area contributed by atoms with Crippen molar-refractivity contribution < 1.29 is 27.5 Å². The first-order valence-electron chi connectivity index (χ1n) is 9.72. The molecule has 1 aliphatic rings. The third kappa shape index (κ3) is 6.03. The third-order valence-electron chi connectivity index (χ3n) is 4.94. The molecule has 0 saturated carbocycles. The first-order chi connectivity index (χ1) is 14.8. The van der Waals surface area contributed by atoms with Gasteiger partial charge in [0.05, 0.1) is 30.6 Å². The van der Waals surface area contributed by atoms with Gasteiger partial charge in [0, 0.05) is 30.3 Å². The maximum absolute atomic E-state index is 12.5. The minimum atomic E-state index is -4.20. The van der Waals surface area contributed by atoms with E-state index in [-0.39, 0.29) is 34.4 Å². The number of sulfonamides is 1. The Balaban J connectivity index is 1.74. The Morgan fingerprint density at radius 1 is 1.23 bits per heavy atom. The summed E-state index contributed by atoms with van der Waals surface area (Å²) in [4.78, 5) is 24.6. The summed E-state index contributed by atoms with van der Waals surface area (Å²) in [6.07, 6.45) is 0.861. The molecule has 10 heteroatoms. The van der Waals surface area contributed by atoms with Gasteiger partial charge in [-0.25, -0.2) is 13.6 Å². The summed E-state index contributed by atoms with van der Waals surface area (Å²) >= 11 is 0. The maximum atomic E-state index is 12.5. The van der Waals surface area contributed by atoms with Crippen molar-refractivity contribution in [3.63, 3.8) is 0 Å². The van der Waals surface area contributed by atoms with E-state index < -0.39 is 15.9 Å². The van der Waals surface area contributed by atoms with Crippen LogP contribution >= 0.6 is 0 Å². The molecule has 0 aromatic heterocycles. The molecule has 0 bridgehead atoms. The highest BCUT2D eigenvalue weighted by Crippen LogP contribution is 2.22. The average molecular weight is 448 g/mol. The smallest absolute Gasteiger partial charge is 0.252 e. The summed E-state index contributed by atoms with van der Waals surface area (Å²) in [5, 5.41) is 10.7. The number of anilines is 1. The zero-order chi connectivity index (χ0) is 22.4. The number of nitrogens with two attached hydrogens (primary N) is 1. The Bertz CT molecular complexity index is 1060. The number of ether oxygens (including phenoxy) is 2. The summed E-state index contributed by atoms with van der Waals surface area (Å²) in [7, 11) is -2.69. The predicted octanol–water partition coefficient (Wildman–Crippen LogP) is 1.29. The molecule has 1 unspecified atom stereocenters. The van der Waals surface area contributed by atoms with Gasteiger partial charge in [-0.15, -0.1) is 0 Å². The van der Waals surface area contributed by atoms with Crippen molar-refractivity contribution in [2.24, 2.45) is 11.1 Å². The Morgan fingerprint density at radius 2 is 2.00 bits per heavy atom. The normalized spacial score (nSPS) is 16.0. The molecule has 0 aliphatic carbocycles. The van der Waals surface area contributed by atoms with Gasteiger partial charge in [0.2, 0.25) is 15.9 Å². The summed E-state index contributed by atoms with van der Waals surface area (Å²) in [6, 6.07) is 11.1. The first-order valence-corrected chi connectivity index (χ1v) is 11.3. The molecule has 1 atom stereocenters. The molecule has 4 N–H and O–H groups in total. The molecule has 2 aromatic carbocycles. The fourth-order valence-electron chi connectivity index (χ4n) is 3.33. The zero-order valence-electron chi connectivity index (χ0n) is 17.1. The van der Waals surface area contributed by atoms with Crippen molar-refractivity contribution in [2.45, 2.75) is 17.7 Å². The molecule has 166 valence electrons. The lowest BCUT2D eigenvalue weighted by Crippen LogP contribution is -2.31. The average Bonchev–Trinajstić information content (AvgIpc) is 3.25. The van der Waals surface area contributed by atoms with Crippen LogP contribution < -0.4 is 20.5 Å². The highest BCUT2D eigenvalue weighted by atomic mass is 32.2. The summed E-state index contributed by atoms with van der Waals surface area (Å²) < 4.78 is 34.7. The van der Waals surface area contributed by atoms with Crippen molar-refractivity contribution >= 4 is 27.5 Å². The van der Waals surface area contributed by atoms with E-state index in [0.717, 1.165) is 6.42 Å². The Morgan fingerprint density at radius 3 is 2.68 bits per heavy atom. The van der Waals surface area contributed by atoms with Gasteiger partial charge in [0.1, 0.15) is 5.75 Å². The Labute approximate surface area is 181 Å². The lowest BCUT2D eigenvalue weighted by atomic mass is 10.1. The fraction of sp³-hybridized carbons (Fsp3) is 0.333. The molecule has 1 fully saturated rings. The number of hydrogen-bond donors (Lipinski definition) is 3. The second-order valence-corrected chi connectivity index (χ2v) is 8.76. The molecule has 3 rings (SSSR count). The van der Waals surface area contributed by atoms with Crippen LogP contribution in [0.15, 0.2) is 47.4 Å².